The fraction of sp³-hybridized carbons (Fsp3) is 0.646. The molecule has 0 rings (SSSR count). The standard InChI is InChI=1S/C65H106O6/c1-4-7-10-13-16-19-22-25-28-30-32-34-37-40-43-46-49-52-55-58-64(67)70-61-62(60-69-63(66)57-54-51-48-45-42-39-36-27-24-21-18-15-12-9-6-3)71-65(68)59-56-53-50-47-44-41-38-35-33-31-29-26-23-20-17-14-11-8-5-2/h7,9-10,12,16-21,25-29,32,34,36,42,45,62H,4-6,8,11,13-15,22-24,30-31,33,35,37-41,43-44,46-61H2,1-3H3/b10-7-,12-9-,19-16-,20-17-,21-18-,28-25-,29-26-,34-32-,36-27-,45-42-. The van der Waals surface area contributed by atoms with Crippen molar-refractivity contribution in [2.45, 2.75) is 258 Å². The monoisotopic (exact) mass is 983 g/mol. The molecule has 0 saturated carbocycles. The van der Waals surface area contributed by atoms with E-state index in [1.807, 2.05) is 0 Å². The first-order valence-electron chi connectivity index (χ1n) is 29.0. The Morgan fingerprint density at radius 1 is 0.296 bits per heavy atom. The van der Waals surface area contributed by atoms with Crippen molar-refractivity contribution in [3.05, 3.63) is 122 Å². The molecule has 0 aromatic heterocycles. The molecule has 1 atom stereocenters. The molecule has 402 valence electrons. The second-order valence-corrected chi connectivity index (χ2v) is 18.8. The second-order valence-electron chi connectivity index (χ2n) is 18.8. The number of hydrogen-bond acceptors (Lipinski definition) is 6. The molecule has 6 heteroatoms. The van der Waals surface area contributed by atoms with Crippen LogP contribution in [-0.4, -0.2) is 37.2 Å². The van der Waals surface area contributed by atoms with Gasteiger partial charge in [0.25, 0.3) is 0 Å². The summed E-state index contributed by atoms with van der Waals surface area (Å²) in [5, 5.41) is 0. The van der Waals surface area contributed by atoms with E-state index in [-0.39, 0.29) is 31.1 Å². The van der Waals surface area contributed by atoms with Crippen LogP contribution in [0.3, 0.4) is 0 Å². The summed E-state index contributed by atoms with van der Waals surface area (Å²) in [6.07, 6.45) is 80.4. The summed E-state index contributed by atoms with van der Waals surface area (Å²) in [4.78, 5) is 38.2. The fourth-order valence-electron chi connectivity index (χ4n) is 7.63. The Morgan fingerprint density at radius 2 is 0.549 bits per heavy atom. The van der Waals surface area contributed by atoms with Crippen molar-refractivity contribution >= 4 is 17.9 Å². The number of carbonyl (C=O) groups is 3. The quantitative estimate of drug-likeness (QED) is 0.0261. The lowest BCUT2D eigenvalue weighted by Gasteiger charge is -2.18. The summed E-state index contributed by atoms with van der Waals surface area (Å²) in [5.74, 6) is -0.964. The van der Waals surface area contributed by atoms with E-state index in [9.17, 15) is 14.4 Å². The number of hydrogen-bond donors (Lipinski definition) is 0. The van der Waals surface area contributed by atoms with Gasteiger partial charge in [-0.1, -0.05) is 226 Å². The van der Waals surface area contributed by atoms with E-state index >= 15 is 0 Å². The van der Waals surface area contributed by atoms with E-state index in [2.05, 4.69) is 142 Å². The number of carbonyl (C=O) groups excluding carboxylic acids is 3. The maximum Gasteiger partial charge on any atom is 0.306 e. The topological polar surface area (TPSA) is 78.9 Å². The minimum Gasteiger partial charge on any atom is -0.462 e. The van der Waals surface area contributed by atoms with E-state index in [1.165, 1.54) is 83.5 Å². The van der Waals surface area contributed by atoms with Crippen LogP contribution in [0.4, 0.5) is 0 Å². The first-order chi connectivity index (χ1) is 35.0. The summed E-state index contributed by atoms with van der Waals surface area (Å²) in [6.45, 7) is 6.34. The van der Waals surface area contributed by atoms with Gasteiger partial charge in [-0.05, 0) is 128 Å². The zero-order chi connectivity index (χ0) is 51.4. The van der Waals surface area contributed by atoms with Crippen molar-refractivity contribution < 1.29 is 28.6 Å². The fourth-order valence-corrected chi connectivity index (χ4v) is 7.63. The van der Waals surface area contributed by atoms with Crippen LogP contribution >= 0.6 is 0 Å². The maximum atomic E-state index is 12.9. The second kappa shape index (κ2) is 58.4. The van der Waals surface area contributed by atoms with Gasteiger partial charge in [0.1, 0.15) is 13.2 Å². The van der Waals surface area contributed by atoms with Crippen LogP contribution in [0.5, 0.6) is 0 Å². The Kier molecular flexibility index (Phi) is 54.9. The molecule has 71 heavy (non-hydrogen) atoms. The first-order valence-corrected chi connectivity index (χ1v) is 29.0. The van der Waals surface area contributed by atoms with Gasteiger partial charge in [0.05, 0.1) is 0 Å². The van der Waals surface area contributed by atoms with Crippen molar-refractivity contribution in [3.8, 4) is 0 Å². The number of rotatable bonds is 51. The van der Waals surface area contributed by atoms with Crippen molar-refractivity contribution in [2.24, 2.45) is 0 Å². The van der Waals surface area contributed by atoms with Crippen molar-refractivity contribution in [1.29, 1.82) is 0 Å². The number of allylic oxidation sites excluding steroid dienone is 20. The third-order valence-electron chi connectivity index (χ3n) is 11.9. The summed E-state index contributed by atoms with van der Waals surface area (Å²) >= 11 is 0. The Morgan fingerprint density at radius 3 is 0.887 bits per heavy atom. The van der Waals surface area contributed by atoms with Crippen LogP contribution in [-0.2, 0) is 28.6 Å². The minimum atomic E-state index is -0.808. The minimum absolute atomic E-state index is 0.103. The third-order valence-corrected chi connectivity index (χ3v) is 11.9. The molecule has 0 heterocycles. The lowest BCUT2D eigenvalue weighted by Crippen LogP contribution is -2.30. The highest BCUT2D eigenvalue weighted by Gasteiger charge is 2.19. The molecule has 0 radical (unpaired) electrons. The van der Waals surface area contributed by atoms with Crippen molar-refractivity contribution in [3.63, 3.8) is 0 Å². The Balaban J connectivity index is 4.48. The highest BCUT2D eigenvalue weighted by molar-refractivity contribution is 5.71. The van der Waals surface area contributed by atoms with Crippen LogP contribution in [0, 0.1) is 0 Å². The van der Waals surface area contributed by atoms with Gasteiger partial charge < -0.3 is 14.2 Å². The predicted octanol–water partition coefficient (Wildman–Crippen LogP) is 19.6. The van der Waals surface area contributed by atoms with E-state index in [4.69, 9.17) is 14.2 Å². The van der Waals surface area contributed by atoms with Gasteiger partial charge in [-0.25, -0.2) is 0 Å². The van der Waals surface area contributed by atoms with E-state index in [0.717, 1.165) is 128 Å². The Labute approximate surface area is 437 Å². The molecule has 0 aliphatic rings. The van der Waals surface area contributed by atoms with E-state index in [0.29, 0.717) is 19.3 Å². The number of esters is 3. The molecule has 0 aliphatic carbocycles. The van der Waals surface area contributed by atoms with Crippen LogP contribution < -0.4 is 0 Å². The van der Waals surface area contributed by atoms with Gasteiger partial charge in [-0.3, -0.25) is 14.4 Å². The van der Waals surface area contributed by atoms with E-state index < -0.39 is 6.10 Å². The molecule has 0 amide bonds. The molecule has 0 fully saturated rings. The van der Waals surface area contributed by atoms with Crippen LogP contribution in [0.25, 0.3) is 0 Å². The van der Waals surface area contributed by atoms with Gasteiger partial charge in [0.15, 0.2) is 6.10 Å². The Bertz CT molecular complexity index is 1500. The SMILES string of the molecule is CC/C=C\C/C=C\C/C=C\C/C=C\CCCCCCCCC(=O)OCC(COC(=O)CCCC/C=C\C/C=C\C/C=C\C/C=C\CC)OC(=O)CCCCCCCCCCC/C=C\C/C=C\CCCCC. The maximum absolute atomic E-state index is 12.9. The lowest BCUT2D eigenvalue weighted by molar-refractivity contribution is -0.167. The van der Waals surface area contributed by atoms with Crippen LogP contribution in [0.2, 0.25) is 0 Å². The molecule has 0 aromatic carbocycles. The van der Waals surface area contributed by atoms with Gasteiger partial charge >= 0.3 is 17.9 Å². The molecule has 0 saturated heterocycles. The summed E-state index contributed by atoms with van der Waals surface area (Å²) < 4.78 is 16.8. The number of ether oxygens (including phenoxy) is 3. The normalized spacial score (nSPS) is 13.0. The first kappa shape index (κ1) is 66.8. The zero-order valence-corrected chi connectivity index (χ0v) is 45.9. The summed E-state index contributed by atoms with van der Waals surface area (Å²) in [6, 6.07) is 0. The molecular formula is C65H106O6. The molecule has 6 nitrogen and oxygen atoms in total. The number of unbranched alkanes of at least 4 members (excludes halogenated alkanes) is 20. The van der Waals surface area contributed by atoms with Gasteiger partial charge in [-0.15, -0.1) is 0 Å². The molecule has 0 bridgehead atoms. The molecule has 0 spiro atoms. The van der Waals surface area contributed by atoms with Gasteiger partial charge in [0.2, 0.25) is 0 Å². The highest BCUT2D eigenvalue weighted by Crippen LogP contribution is 2.14. The largest absolute Gasteiger partial charge is 0.462 e. The van der Waals surface area contributed by atoms with Crippen molar-refractivity contribution in [2.75, 3.05) is 13.2 Å². The molecule has 0 aromatic rings. The summed E-state index contributed by atoms with van der Waals surface area (Å²) in [5.41, 5.74) is 0. The van der Waals surface area contributed by atoms with Crippen LogP contribution in [0.15, 0.2) is 122 Å². The van der Waals surface area contributed by atoms with E-state index in [1.54, 1.807) is 0 Å². The smallest absolute Gasteiger partial charge is 0.306 e. The molecule has 1 unspecified atom stereocenters. The Hall–Kier alpha value is -4.19. The molecular weight excluding hydrogens is 877 g/mol. The summed E-state index contributed by atoms with van der Waals surface area (Å²) in [7, 11) is 0. The lowest BCUT2D eigenvalue weighted by atomic mass is 10.1. The van der Waals surface area contributed by atoms with Crippen molar-refractivity contribution in [1.82, 2.24) is 0 Å². The average molecular weight is 984 g/mol. The third kappa shape index (κ3) is 56.6. The molecule has 0 aliphatic heterocycles. The molecule has 0 N–H and O–H groups in total. The van der Waals surface area contributed by atoms with Crippen LogP contribution in [0.1, 0.15) is 252 Å². The zero-order valence-electron chi connectivity index (χ0n) is 45.9. The van der Waals surface area contributed by atoms with Gasteiger partial charge in [0, 0.05) is 19.3 Å². The van der Waals surface area contributed by atoms with Gasteiger partial charge in [-0.2, -0.15) is 0 Å². The highest BCUT2D eigenvalue weighted by atomic mass is 16.6. The average Bonchev–Trinajstić information content (AvgIpc) is 3.37. The predicted molar refractivity (Wildman–Crippen MR) is 306 cm³/mol.